The van der Waals surface area contributed by atoms with Crippen molar-refractivity contribution in [1.29, 1.82) is 0 Å². The van der Waals surface area contributed by atoms with E-state index < -0.39 is 11.7 Å². The van der Waals surface area contributed by atoms with Crippen LogP contribution >= 0.6 is 0 Å². The molecule has 0 bridgehead atoms. The zero-order valence-corrected chi connectivity index (χ0v) is 15.7. The molecule has 0 radical (unpaired) electrons. The SMILES string of the molecule is Cc1c(-c2nc3ccccc3n2C)cc(C(F)(F)F)cc1-[n+]1ccccc1C. The number of alkyl halides is 3. The van der Waals surface area contributed by atoms with E-state index in [0.717, 1.165) is 22.3 Å². The van der Waals surface area contributed by atoms with Gasteiger partial charge < -0.3 is 4.57 Å². The van der Waals surface area contributed by atoms with Crippen molar-refractivity contribution in [3.05, 3.63) is 77.6 Å². The number of benzene rings is 2. The lowest BCUT2D eigenvalue weighted by Gasteiger charge is -2.14. The van der Waals surface area contributed by atoms with E-state index in [2.05, 4.69) is 4.98 Å². The molecule has 2 heterocycles. The highest BCUT2D eigenvalue weighted by molar-refractivity contribution is 5.81. The largest absolute Gasteiger partial charge is 0.416 e. The monoisotopic (exact) mass is 382 g/mol. The number of imidazole rings is 1. The maximum absolute atomic E-state index is 13.7. The first-order valence-corrected chi connectivity index (χ1v) is 8.88. The van der Waals surface area contributed by atoms with E-state index in [4.69, 9.17) is 0 Å². The molecule has 0 aliphatic carbocycles. The molecule has 4 rings (SSSR count). The fourth-order valence-electron chi connectivity index (χ4n) is 3.53. The molecule has 142 valence electrons. The summed E-state index contributed by atoms with van der Waals surface area (Å²) in [7, 11) is 1.82. The van der Waals surface area contributed by atoms with Gasteiger partial charge in [-0.05, 0) is 25.1 Å². The molecule has 0 amide bonds. The Hall–Kier alpha value is -3.15. The zero-order valence-electron chi connectivity index (χ0n) is 15.7. The summed E-state index contributed by atoms with van der Waals surface area (Å²) in [5, 5.41) is 0. The predicted octanol–water partition coefficient (Wildman–Crippen LogP) is 5.15. The molecule has 0 N–H and O–H groups in total. The van der Waals surface area contributed by atoms with E-state index in [1.54, 1.807) is 16.8 Å². The Kier molecular flexibility index (Phi) is 4.22. The number of pyridine rings is 1. The highest BCUT2D eigenvalue weighted by Gasteiger charge is 2.34. The smallest absolute Gasteiger partial charge is 0.327 e. The molecule has 28 heavy (non-hydrogen) atoms. The minimum atomic E-state index is -4.45. The van der Waals surface area contributed by atoms with E-state index in [1.807, 2.05) is 61.9 Å². The molecular weight excluding hydrogens is 363 g/mol. The van der Waals surface area contributed by atoms with Crippen LogP contribution in [0.15, 0.2) is 60.8 Å². The lowest BCUT2D eigenvalue weighted by molar-refractivity contribution is -0.603. The highest BCUT2D eigenvalue weighted by atomic mass is 19.4. The van der Waals surface area contributed by atoms with Gasteiger partial charge in [-0.25, -0.2) is 4.98 Å². The number of hydrogen-bond acceptors (Lipinski definition) is 1. The Labute approximate surface area is 160 Å². The molecular formula is C22H19F3N3+. The second-order valence-corrected chi connectivity index (χ2v) is 6.86. The second kappa shape index (κ2) is 6.48. The van der Waals surface area contributed by atoms with Crippen molar-refractivity contribution in [3.8, 4) is 17.1 Å². The third-order valence-electron chi connectivity index (χ3n) is 5.06. The van der Waals surface area contributed by atoms with Crippen LogP contribution in [0.25, 0.3) is 28.1 Å². The average molecular weight is 382 g/mol. The van der Waals surface area contributed by atoms with Gasteiger partial charge in [-0.3, -0.25) is 0 Å². The fourth-order valence-corrected chi connectivity index (χ4v) is 3.53. The van der Waals surface area contributed by atoms with Gasteiger partial charge in [0.15, 0.2) is 11.9 Å². The molecule has 0 saturated carbocycles. The number of rotatable bonds is 2. The summed E-state index contributed by atoms with van der Waals surface area (Å²) in [4.78, 5) is 4.61. The summed E-state index contributed by atoms with van der Waals surface area (Å²) < 4.78 is 44.7. The molecule has 2 aromatic carbocycles. The van der Waals surface area contributed by atoms with Crippen molar-refractivity contribution in [3.63, 3.8) is 0 Å². The van der Waals surface area contributed by atoms with Gasteiger partial charge in [0.25, 0.3) is 0 Å². The topological polar surface area (TPSA) is 21.7 Å². The third kappa shape index (κ3) is 2.95. The Morgan fingerprint density at radius 1 is 0.964 bits per heavy atom. The Balaban J connectivity index is 2.05. The second-order valence-electron chi connectivity index (χ2n) is 6.86. The highest BCUT2D eigenvalue weighted by Crippen LogP contribution is 2.36. The van der Waals surface area contributed by atoms with Crippen LogP contribution in [0.5, 0.6) is 0 Å². The summed E-state index contributed by atoms with van der Waals surface area (Å²) in [6.45, 7) is 3.71. The van der Waals surface area contributed by atoms with E-state index in [-0.39, 0.29) is 0 Å². The molecule has 0 aliphatic rings. The molecule has 0 saturated heterocycles. The molecule has 4 aromatic rings. The Morgan fingerprint density at radius 3 is 2.36 bits per heavy atom. The summed E-state index contributed by atoms with van der Waals surface area (Å²) in [6.07, 6.45) is -2.68. The van der Waals surface area contributed by atoms with Gasteiger partial charge in [-0.2, -0.15) is 17.7 Å². The van der Waals surface area contributed by atoms with Gasteiger partial charge in [0, 0.05) is 43.3 Å². The number of halogens is 3. The van der Waals surface area contributed by atoms with E-state index in [0.29, 0.717) is 17.1 Å². The van der Waals surface area contributed by atoms with Crippen LogP contribution in [0.3, 0.4) is 0 Å². The summed E-state index contributed by atoms with van der Waals surface area (Å²) in [5.41, 5.74) is 3.49. The van der Waals surface area contributed by atoms with Gasteiger partial charge in [-0.1, -0.05) is 18.2 Å². The molecule has 0 atom stereocenters. The summed E-state index contributed by atoms with van der Waals surface area (Å²) in [5.74, 6) is 0.514. The minimum absolute atomic E-state index is 0.472. The number of para-hydroxylation sites is 2. The van der Waals surface area contributed by atoms with Crippen LogP contribution in [0, 0.1) is 13.8 Å². The molecule has 0 fully saturated rings. The van der Waals surface area contributed by atoms with Gasteiger partial charge in [0.05, 0.1) is 16.6 Å². The normalized spacial score (nSPS) is 11.9. The molecule has 0 spiro atoms. The van der Waals surface area contributed by atoms with Gasteiger partial charge in [0.2, 0.25) is 5.69 Å². The first kappa shape index (κ1) is 18.2. The minimum Gasteiger partial charge on any atom is -0.327 e. The van der Waals surface area contributed by atoms with Crippen LogP contribution in [-0.2, 0) is 13.2 Å². The van der Waals surface area contributed by atoms with Crippen LogP contribution in [0.2, 0.25) is 0 Å². The molecule has 6 heteroatoms. The fraction of sp³-hybridized carbons (Fsp3) is 0.182. The maximum atomic E-state index is 13.7. The predicted molar refractivity (Wildman–Crippen MR) is 102 cm³/mol. The standard InChI is InChI=1S/C22H19F3N3/c1-14-8-6-7-11-28(14)20-13-16(22(23,24)25)12-17(15(20)2)21-26-18-9-4-5-10-19(18)27(21)3/h4-13H,1-3H3/q+1. The number of aromatic nitrogens is 3. The number of hydrogen-bond donors (Lipinski definition) is 0. The first-order valence-electron chi connectivity index (χ1n) is 8.88. The van der Waals surface area contributed by atoms with E-state index in [9.17, 15) is 13.2 Å². The van der Waals surface area contributed by atoms with Gasteiger partial charge >= 0.3 is 6.18 Å². The van der Waals surface area contributed by atoms with Crippen LogP contribution in [0.1, 0.15) is 16.8 Å². The van der Waals surface area contributed by atoms with Crippen molar-refractivity contribution in [2.24, 2.45) is 7.05 Å². The zero-order chi connectivity index (χ0) is 20.1. The lowest BCUT2D eigenvalue weighted by atomic mass is 10.0. The first-order chi connectivity index (χ1) is 13.3. The van der Waals surface area contributed by atoms with E-state index in [1.165, 1.54) is 12.1 Å². The molecule has 3 nitrogen and oxygen atoms in total. The van der Waals surface area contributed by atoms with Crippen molar-refractivity contribution < 1.29 is 17.7 Å². The molecule has 2 aromatic heterocycles. The van der Waals surface area contributed by atoms with Crippen molar-refractivity contribution in [2.75, 3.05) is 0 Å². The number of nitrogens with zero attached hydrogens (tertiary/aromatic N) is 3. The number of fused-ring (bicyclic) bond motifs is 1. The van der Waals surface area contributed by atoms with Crippen LogP contribution < -0.4 is 4.57 Å². The van der Waals surface area contributed by atoms with E-state index >= 15 is 0 Å². The third-order valence-corrected chi connectivity index (χ3v) is 5.06. The lowest BCUT2D eigenvalue weighted by Crippen LogP contribution is -2.35. The van der Waals surface area contributed by atoms with Crippen molar-refractivity contribution >= 4 is 11.0 Å². The van der Waals surface area contributed by atoms with Crippen molar-refractivity contribution in [2.45, 2.75) is 20.0 Å². The Morgan fingerprint density at radius 2 is 1.68 bits per heavy atom. The van der Waals surface area contributed by atoms with Gasteiger partial charge in [0.1, 0.15) is 5.82 Å². The summed E-state index contributed by atoms with van der Waals surface area (Å²) >= 11 is 0. The Bertz CT molecular complexity index is 1190. The van der Waals surface area contributed by atoms with Crippen molar-refractivity contribution in [1.82, 2.24) is 9.55 Å². The van der Waals surface area contributed by atoms with Gasteiger partial charge in [-0.15, -0.1) is 0 Å². The number of aryl methyl sites for hydroxylation is 2. The average Bonchev–Trinajstić information content (AvgIpc) is 2.99. The quantitative estimate of drug-likeness (QED) is 0.439. The van der Waals surface area contributed by atoms with Crippen LogP contribution in [0.4, 0.5) is 13.2 Å². The summed E-state index contributed by atoms with van der Waals surface area (Å²) in [6, 6.07) is 15.5. The molecule has 0 unspecified atom stereocenters. The maximum Gasteiger partial charge on any atom is 0.416 e. The molecule has 0 aliphatic heterocycles. The van der Waals surface area contributed by atoms with Crippen LogP contribution in [-0.4, -0.2) is 9.55 Å².